The van der Waals surface area contributed by atoms with E-state index in [2.05, 4.69) is 5.32 Å². The molecule has 102 valence electrons. The molecule has 1 amide bonds. The summed E-state index contributed by atoms with van der Waals surface area (Å²) in [6, 6.07) is 4.19. The number of hydrogen-bond acceptors (Lipinski definition) is 4. The Labute approximate surface area is 111 Å². The van der Waals surface area contributed by atoms with E-state index in [1.807, 2.05) is 6.92 Å². The van der Waals surface area contributed by atoms with Crippen LogP contribution in [0.15, 0.2) is 18.2 Å². The Balaban J connectivity index is 2.05. The summed E-state index contributed by atoms with van der Waals surface area (Å²) in [4.78, 5) is 22.2. The lowest BCUT2D eigenvalue weighted by Gasteiger charge is -2.13. The van der Waals surface area contributed by atoms with Gasteiger partial charge in [0.2, 0.25) is 0 Å². The number of nitrogens with zero attached hydrogens (tertiary/aromatic N) is 1. The molecule has 0 aliphatic heterocycles. The lowest BCUT2D eigenvalue weighted by Crippen LogP contribution is -2.32. The van der Waals surface area contributed by atoms with Crippen molar-refractivity contribution in [2.75, 3.05) is 5.73 Å². The second-order valence-electron chi connectivity index (χ2n) is 5.08. The number of nitrogens with two attached hydrogens (primary N) is 1. The first kappa shape index (κ1) is 13.3. The number of amides is 1. The molecule has 2 rings (SSSR count). The van der Waals surface area contributed by atoms with E-state index < -0.39 is 4.92 Å². The maximum Gasteiger partial charge on any atom is 0.292 e. The third kappa shape index (κ3) is 3.43. The fourth-order valence-corrected chi connectivity index (χ4v) is 2.06. The summed E-state index contributed by atoms with van der Waals surface area (Å²) >= 11 is 0. The van der Waals surface area contributed by atoms with Gasteiger partial charge in [0.25, 0.3) is 11.6 Å². The van der Waals surface area contributed by atoms with Crippen LogP contribution in [0.3, 0.4) is 0 Å². The predicted octanol–water partition coefficient (Wildman–Crippen LogP) is 2.10. The van der Waals surface area contributed by atoms with Crippen LogP contribution in [0.5, 0.6) is 0 Å². The van der Waals surface area contributed by atoms with Crippen molar-refractivity contribution in [3.63, 3.8) is 0 Å². The Morgan fingerprint density at radius 1 is 1.58 bits per heavy atom. The van der Waals surface area contributed by atoms with E-state index >= 15 is 0 Å². The first-order valence-electron chi connectivity index (χ1n) is 6.32. The Bertz CT molecular complexity index is 512. The van der Waals surface area contributed by atoms with Crippen molar-refractivity contribution in [1.82, 2.24) is 5.32 Å². The van der Waals surface area contributed by atoms with E-state index in [1.54, 1.807) is 0 Å². The predicted molar refractivity (Wildman–Crippen MR) is 71.8 cm³/mol. The van der Waals surface area contributed by atoms with E-state index in [4.69, 9.17) is 5.73 Å². The lowest BCUT2D eigenvalue weighted by atomic mass is 10.1. The minimum atomic E-state index is -0.584. The lowest BCUT2D eigenvalue weighted by molar-refractivity contribution is -0.383. The Morgan fingerprint density at radius 2 is 2.26 bits per heavy atom. The van der Waals surface area contributed by atoms with Crippen LogP contribution in [0.2, 0.25) is 0 Å². The van der Waals surface area contributed by atoms with Crippen LogP contribution in [0.25, 0.3) is 0 Å². The zero-order valence-electron chi connectivity index (χ0n) is 10.8. The highest BCUT2D eigenvalue weighted by Gasteiger charge is 2.24. The summed E-state index contributed by atoms with van der Waals surface area (Å²) in [7, 11) is 0. The van der Waals surface area contributed by atoms with E-state index in [-0.39, 0.29) is 28.9 Å². The summed E-state index contributed by atoms with van der Waals surface area (Å²) in [6.07, 6.45) is 3.42. The molecule has 6 heteroatoms. The molecule has 0 heterocycles. The van der Waals surface area contributed by atoms with Crippen LogP contribution < -0.4 is 11.1 Å². The number of nitrogen functional groups attached to an aromatic ring is 1. The van der Waals surface area contributed by atoms with Crippen molar-refractivity contribution in [3.8, 4) is 0 Å². The fraction of sp³-hybridized carbons (Fsp3) is 0.462. The molecule has 1 unspecified atom stereocenters. The van der Waals surface area contributed by atoms with Crippen LogP contribution in [-0.2, 0) is 0 Å². The number of rotatable bonds is 5. The van der Waals surface area contributed by atoms with Gasteiger partial charge in [-0.2, -0.15) is 0 Å². The number of hydrogen-bond donors (Lipinski definition) is 2. The molecule has 0 spiro atoms. The van der Waals surface area contributed by atoms with Crippen molar-refractivity contribution in [1.29, 1.82) is 0 Å². The van der Waals surface area contributed by atoms with Gasteiger partial charge in [0, 0.05) is 17.7 Å². The SMILES string of the molecule is CC(CC1CC1)NC(=O)c1ccc(N)c([N+](=O)[O-])c1. The normalized spacial score (nSPS) is 15.8. The summed E-state index contributed by atoms with van der Waals surface area (Å²) < 4.78 is 0. The molecule has 0 saturated heterocycles. The third-order valence-electron chi connectivity index (χ3n) is 3.25. The van der Waals surface area contributed by atoms with Gasteiger partial charge in [-0.05, 0) is 31.4 Å². The highest BCUT2D eigenvalue weighted by molar-refractivity contribution is 5.95. The maximum absolute atomic E-state index is 12.0. The average molecular weight is 263 g/mol. The first-order chi connectivity index (χ1) is 8.97. The molecule has 1 saturated carbocycles. The third-order valence-corrected chi connectivity index (χ3v) is 3.25. The van der Waals surface area contributed by atoms with Crippen molar-refractivity contribution >= 4 is 17.3 Å². The van der Waals surface area contributed by atoms with Crippen LogP contribution in [-0.4, -0.2) is 16.9 Å². The van der Waals surface area contributed by atoms with Crippen LogP contribution in [0.4, 0.5) is 11.4 Å². The molecule has 3 N–H and O–H groups in total. The van der Waals surface area contributed by atoms with Gasteiger partial charge >= 0.3 is 0 Å². The van der Waals surface area contributed by atoms with Crippen molar-refractivity contribution in [2.45, 2.75) is 32.2 Å². The molecule has 6 nitrogen and oxygen atoms in total. The van der Waals surface area contributed by atoms with E-state index in [0.717, 1.165) is 12.3 Å². The molecular formula is C13H17N3O3. The summed E-state index contributed by atoms with van der Waals surface area (Å²) in [5, 5.41) is 13.6. The standard InChI is InChI=1S/C13H17N3O3/c1-8(6-9-2-3-9)15-13(17)10-4-5-11(14)12(7-10)16(18)19/h4-5,7-9H,2-3,6,14H2,1H3,(H,15,17). The molecule has 1 aliphatic carbocycles. The van der Waals surface area contributed by atoms with E-state index in [1.165, 1.54) is 31.0 Å². The second-order valence-corrected chi connectivity index (χ2v) is 5.08. The topological polar surface area (TPSA) is 98.3 Å². The number of nitro benzene ring substituents is 1. The number of carbonyl (C=O) groups is 1. The van der Waals surface area contributed by atoms with Gasteiger partial charge < -0.3 is 11.1 Å². The van der Waals surface area contributed by atoms with Crippen LogP contribution in [0, 0.1) is 16.0 Å². The summed E-state index contributed by atoms with van der Waals surface area (Å²) in [5.74, 6) is 0.423. The molecule has 19 heavy (non-hydrogen) atoms. The zero-order chi connectivity index (χ0) is 14.0. The second kappa shape index (κ2) is 5.26. The van der Waals surface area contributed by atoms with Gasteiger partial charge in [0.1, 0.15) is 5.69 Å². The summed E-state index contributed by atoms with van der Waals surface area (Å²) in [6.45, 7) is 1.95. The van der Waals surface area contributed by atoms with Crippen LogP contribution >= 0.6 is 0 Å². The van der Waals surface area contributed by atoms with Crippen molar-refractivity contribution < 1.29 is 9.72 Å². The molecule has 1 fully saturated rings. The van der Waals surface area contributed by atoms with Gasteiger partial charge in [-0.15, -0.1) is 0 Å². The quantitative estimate of drug-likeness (QED) is 0.482. The molecule has 1 aliphatic rings. The molecule has 1 atom stereocenters. The largest absolute Gasteiger partial charge is 0.393 e. The number of benzene rings is 1. The van der Waals surface area contributed by atoms with Gasteiger partial charge in [0.05, 0.1) is 4.92 Å². The van der Waals surface area contributed by atoms with Crippen molar-refractivity contribution in [2.24, 2.45) is 5.92 Å². The molecule has 1 aromatic rings. The monoisotopic (exact) mass is 263 g/mol. The molecule has 0 bridgehead atoms. The maximum atomic E-state index is 12.0. The number of nitro groups is 1. The van der Waals surface area contributed by atoms with Crippen LogP contribution in [0.1, 0.15) is 36.5 Å². The van der Waals surface area contributed by atoms with Crippen molar-refractivity contribution in [3.05, 3.63) is 33.9 Å². The minimum Gasteiger partial charge on any atom is -0.393 e. The Morgan fingerprint density at radius 3 is 2.84 bits per heavy atom. The first-order valence-corrected chi connectivity index (χ1v) is 6.32. The smallest absolute Gasteiger partial charge is 0.292 e. The zero-order valence-corrected chi connectivity index (χ0v) is 10.8. The Kier molecular flexibility index (Phi) is 3.69. The number of nitrogens with one attached hydrogen (secondary N) is 1. The van der Waals surface area contributed by atoms with Gasteiger partial charge in [-0.1, -0.05) is 12.8 Å². The van der Waals surface area contributed by atoms with E-state index in [9.17, 15) is 14.9 Å². The molecule has 0 aromatic heterocycles. The van der Waals surface area contributed by atoms with Gasteiger partial charge in [-0.3, -0.25) is 14.9 Å². The molecule has 1 aromatic carbocycles. The average Bonchev–Trinajstić information content (AvgIpc) is 3.12. The Hall–Kier alpha value is -2.11. The van der Waals surface area contributed by atoms with E-state index in [0.29, 0.717) is 0 Å². The van der Waals surface area contributed by atoms with Gasteiger partial charge in [-0.25, -0.2) is 0 Å². The number of carbonyl (C=O) groups excluding carboxylic acids is 1. The highest BCUT2D eigenvalue weighted by Crippen LogP contribution is 2.33. The molecule has 0 radical (unpaired) electrons. The highest BCUT2D eigenvalue weighted by atomic mass is 16.6. The molecular weight excluding hydrogens is 246 g/mol. The fourth-order valence-electron chi connectivity index (χ4n) is 2.06. The minimum absolute atomic E-state index is 0.0626. The summed E-state index contributed by atoms with van der Waals surface area (Å²) in [5.41, 5.74) is 5.59. The number of anilines is 1. The van der Waals surface area contributed by atoms with Gasteiger partial charge in [0.15, 0.2) is 0 Å².